The topological polar surface area (TPSA) is 77.2 Å². The largest absolute Gasteiger partial charge is 0.406 e. The molecule has 0 aliphatic heterocycles. The van der Waals surface area contributed by atoms with Crippen LogP contribution in [-0.2, 0) is 4.57 Å². The van der Waals surface area contributed by atoms with Crippen LogP contribution in [0.15, 0.2) is 36.9 Å². The van der Waals surface area contributed by atoms with Crippen LogP contribution < -0.4 is 4.52 Å². The molecule has 2 heterocycles. The molecule has 0 spiro atoms. The summed E-state index contributed by atoms with van der Waals surface area (Å²) in [7, 11) is -3.75. The lowest BCUT2D eigenvalue weighted by atomic mass is 10.2. The minimum absolute atomic E-state index is 0.0197. The molecule has 22 heavy (non-hydrogen) atoms. The Morgan fingerprint density at radius 2 is 2.14 bits per heavy atom. The van der Waals surface area contributed by atoms with Crippen molar-refractivity contribution in [2.45, 2.75) is 0 Å². The molecule has 1 atom stereocenters. The maximum absolute atomic E-state index is 11.5. The van der Waals surface area contributed by atoms with Crippen molar-refractivity contribution in [1.82, 2.24) is 14.5 Å². The van der Waals surface area contributed by atoms with Gasteiger partial charge in [0.05, 0.1) is 27.6 Å². The van der Waals surface area contributed by atoms with Crippen molar-refractivity contribution in [2.75, 3.05) is 6.66 Å². The normalized spacial score (nSPS) is 14.0. The van der Waals surface area contributed by atoms with Gasteiger partial charge in [-0.05, 0) is 12.1 Å². The van der Waals surface area contributed by atoms with Crippen LogP contribution in [-0.4, -0.2) is 26.1 Å². The summed E-state index contributed by atoms with van der Waals surface area (Å²) in [6, 6.07) is 4.96. The fraction of sp³-hybridized carbons (Fsp3) is 0.0769. The third kappa shape index (κ3) is 2.96. The van der Waals surface area contributed by atoms with E-state index in [-0.39, 0.29) is 10.9 Å². The molecule has 0 amide bonds. The van der Waals surface area contributed by atoms with Gasteiger partial charge >= 0.3 is 7.60 Å². The lowest BCUT2D eigenvalue weighted by molar-refractivity contribution is 0.382. The van der Waals surface area contributed by atoms with Gasteiger partial charge in [0.15, 0.2) is 0 Å². The minimum Gasteiger partial charge on any atom is -0.406 e. The van der Waals surface area contributed by atoms with Crippen molar-refractivity contribution in [3.8, 4) is 11.6 Å². The van der Waals surface area contributed by atoms with E-state index in [0.717, 1.165) is 6.66 Å². The highest BCUT2D eigenvalue weighted by atomic mass is 35.5. The fourth-order valence-corrected chi connectivity index (χ4v) is 2.83. The number of rotatable bonds is 3. The van der Waals surface area contributed by atoms with E-state index < -0.39 is 7.60 Å². The molecule has 3 rings (SSSR count). The predicted octanol–water partition coefficient (Wildman–Crippen LogP) is 3.92. The number of fused-ring (bicyclic) bond motifs is 1. The molecule has 0 radical (unpaired) electrons. The fourth-order valence-electron chi connectivity index (χ4n) is 2.03. The van der Waals surface area contributed by atoms with Gasteiger partial charge < -0.3 is 14.0 Å². The second-order valence-corrected chi connectivity index (χ2v) is 7.18. The predicted molar refractivity (Wildman–Crippen MR) is 85.3 cm³/mol. The quantitative estimate of drug-likeness (QED) is 0.718. The van der Waals surface area contributed by atoms with Gasteiger partial charge in [0, 0.05) is 30.5 Å². The Bertz CT molecular complexity index is 893. The third-order valence-corrected chi connectivity index (χ3v) is 4.19. The summed E-state index contributed by atoms with van der Waals surface area (Å²) < 4.78 is 18.2. The van der Waals surface area contributed by atoms with Gasteiger partial charge in [-0.15, -0.1) is 0 Å². The molecule has 0 saturated heterocycles. The molecule has 0 fully saturated rings. The first-order valence-corrected chi connectivity index (χ1v) is 8.90. The molecule has 114 valence electrons. The molecular formula is C13H10Cl2N3O3P. The maximum atomic E-state index is 11.5. The number of halogens is 2. The summed E-state index contributed by atoms with van der Waals surface area (Å²) in [6.45, 7) is 1.08. The lowest BCUT2D eigenvalue weighted by Crippen LogP contribution is -1.98. The molecule has 9 heteroatoms. The van der Waals surface area contributed by atoms with Crippen LogP contribution >= 0.6 is 30.8 Å². The summed E-state index contributed by atoms with van der Waals surface area (Å²) in [6.07, 6.45) is 4.93. The van der Waals surface area contributed by atoms with Crippen molar-refractivity contribution in [3.05, 3.63) is 47.0 Å². The third-order valence-electron chi connectivity index (χ3n) is 2.87. The van der Waals surface area contributed by atoms with Crippen molar-refractivity contribution in [3.63, 3.8) is 0 Å². The molecule has 2 aromatic heterocycles. The van der Waals surface area contributed by atoms with Gasteiger partial charge in [-0.2, -0.15) is 0 Å². The zero-order chi connectivity index (χ0) is 15.9. The molecule has 0 aliphatic rings. The highest BCUT2D eigenvalue weighted by Crippen LogP contribution is 2.40. The molecule has 1 aromatic carbocycles. The Labute approximate surface area is 135 Å². The average Bonchev–Trinajstić information content (AvgIpc) is 2.95. The zero-order valence-corrected chi connectivity index (χ0v) is 13.7. The number of aromatic nitrogens is 3. The summed E-state index contributed by atoms with van der Waals surface area (Å²) in [5.74, 6) is -0.0197. The standard InChI is InChI=1S/C13H10Cl2N3O3P/c1-22(19,20)21-11-6-10(18-5-4-16-7-18)8-2-3-9(14)12(15)13(8)17-11/h2-7H,1H3,(H,19,20). The van der Waals surface area contributed by atoms with Crippen LogP contribution in [0.4, 0.5) is 0 Å². The van der Waals surface area contributed by atoms with E-state index in [1.54, 1.807) is 41.5 Å². The first kappa shape index (κ1) is 15.3. The summed E-state index contributed by atoms with van der Waals surface area (Å²) in [5.41, 5.74) is 1.04. The average molecular weight is 358 g/mol. The minimum atomic E-state index is -3.75. The summed E-state index contributed by atoms with van der Waals surface area (Å²) in [4.78, 5) is 17.6. The van der Waals surface area contributed by atoms with E-state index in [0.29, 0.717) is 21.6 Å². The Hall–Kier alpha value is -1.59. The van der Waals surface area contributed by atoms with E-state index in [1.165, 1.54) is 0 Å². The van der Waals surface area contributed by atoms with Crippen LogP contribution in [0.3, 0.4) is 0 Å². The van der Waals surface area contributed by atoms with Crippen LogP contribution in [0.2, 0.25) is 10.0 Å². The van der Waals surface area contributed by atoms with Crippen molar-refractivity contribution in [1.29, 1.82) is 0 Å². The Morgan fingerprint density at radius 3 is 2.77 bits per heavy atom. The smallest absolute Gasteiger partial charge is 0.374 e. The van der Waals surface area contributed by atoms with Crippen LogP contribution in [0.1, 0.15) is 0 Å². The van der Waals surface area contributed by atoms with Gasteiger partial charge in [0.1, 0.15) is 0 Å². The molecule has 1 unspecified atom stereocenters. The van der Waals surface area contributed by atoms with Crippen LogP contribution in [0.5, 0.6) is 5.88 Å². The number of hydrogen-bond donors (Lipinski definition) is 1. The lowest BCUT2D eigenvalue weighted by Gasteiger charge is -2.13. The number of hydrogen-bond acceptors (Lipinski definition) is 4. The van der Waals surface area contributed by atoms with Gasteiger partial charge in [-0.3, -0.25) is 0 Å². The summed E-state index contributed by atoms with van der Waals surface area (Å²) >= 11 is 12.2. The highest BCUT2D eigenvalue weighted by molar-refractivity contribution is 7.52. The van der Waals surface area contributed by atoms with E-state index >= 15 is 0 Å². The van der Waals surface area contributed by atoms with E-state index in [1.807, 2.05) is 0 Å². The van der Waals surface area contributed by atoms with E-state index in [4.69, 9.17) is 27.7 Å². The van der Waals surface area contributed by atoms with Crippen molar-refractivity contribution < 1.29 is 14.0 Å². The highest BCUT2D eigenvalue weighted by Gasteiger charge is 2.18. The van der Waals surface area contributed by atoms with Gasteiger partial charge in [0.25, 0.3) is 0 Å². The molecule has 0 saturated carbocycles. The number of nitrogens with zero attached hydrogens (tertiary/aromatic N) is 3. The monoisotopic (exact) mass is 357 g/mol. The number of benzene rings is 1. The van der Waals surface area contributed by atoms with Crippen LogP contribution in [0.25, 0.3) is 16.6 Å². The Morgan fingerprint density at radius 1 is 1.36 bits per heavy atom. The molecule has 1 N–H and O–H groups in total. The van der Waals surface area contributed by atoms with E-state index in [2.05, 4.69) is 9.97 Å². The molecule has 0 bridgehead atoms. The first-order valence-electron chi connectivity index (χ1n) is 6.12. The van der Waals surface area contributed by atoms with Gasteiger partial charge in [-0.1, -0.05) is 23.2 Å². The number of pyridine rings is 1. The molecule has 0 aliphatic carbocycles. The van der Waals surface area contributed by atoms with Crippen LogP contribution in [0, 0.1) is 0 Å². The van der Waals surface area contributed by atoms with Gasteiger partial charge in [-0.25, -0.2) is 14.5 Å². The molecule has 3 aromatic rings. The Kier molecular flexibility index (Phi) is 3.87. The second-order valence-electron chi connectivity index (χ2n) is 4.60. The van der Waals surface area contributed by atoms with Crippen molar-refractivity contribution in [2.24, 2.45) is 0 Å². The summed E-state index contributed by atoms with van der Waals surface area (Å²) in [5, 5.41) is 1.29. The molecular weight excluding hydrogens is 348 g/mol. The van der Waals surface area contributed by atoms with E-state index in [9.17, 15) is 9.46 Å². The SMILES string of the molecule is CP(=O)(O)Oc1cc(-n2ccnc2)c2ccc(Cl)c(Cl)c2n1. The second kappa shape index (κ2) is 5.56. The maximum Gasteiger partial charge on any atom is 0.374 e. The van der Waals surface area contributed by atoms with Crippen molar-refractivity contribution >= 4 is 41.7 Å². The molecule has 6 nitrogen and oxygen atoms in total. The Balaban J connectivity index is 2.32. The van der Waals surface area contributed by atoms with Gasteiger partial charge in [0.2, 0.25) is 5.88 Å². The number of imidazole rings is 1. The first-order chi connectivity index (χ1) is 10.3. The zero-order valence-electron chi connectivity index (χ0n) is 11.3.